The Bertz CT molecular complexity index is 1730. The summed E-state index contributed by atoms with van der Waals surface area (Å²) in [4.78, 5) is 47.6. The van der Waals surface area contributed by atoms with E-state index in [1.807, 2.05) is 18.2 Å². The number of urea groups is 1. The fourth-order valence-electron chi connectivity index (χ4n) is 8.50. The number of nitrogens with zero attached hydrogens (tertiary/aromatic N) is 2. The van der Waals surface area contributed by atoms with Crippen LogP contribution in [0, 0.1) is 11.3 Å². The van der Waals surface area contributed by atoms with Gasteiger partial charge in [-0.3, -0.25) is 14.5 Å². The number of ether oxygens (including phenoxy) is 5. The maximum atomic E-state index is 14.7. The van der Waals surface area contributed by atoms with Crippen LogP contribution in [0.2, 0.25) is 0 Å². The van der Waals surface area contributed by atoms with Gasteiger partial charge in [-0.1, -0.05) is 30.9 Å². The third kappa shape index (κ3) is 9.39. The minimum Gasteiger partial charge on any atom is -0.495 e. The summed E-state index contributed by atoms with van der Waals surface area (Å²) in [6.07, 6.45) is -1.19. The number of aliphatic hydroxyl groups is 1. The topological polar surface area (TPSA) is 200 Å². The van der Waals surface area contributed by atoms with Gasteiger partial charge in [-0.05, 0) is 98.2 Å². The normalized spacial score (nSPS) is 22.8. The third-order valence-electron chi connectivity index (χ3n) is 10.9. The van der Waals surface area contributed by atoms with Crippen molar-refractivity contribution in [2.75, 3.05) is 63.2 Å². The van der Waals surface area contributed by atoms with Crippen molar-refractivity contribution in [2.45, 2.75) is 103 Å². The summed E-state index contributed by atoms with van der Waals surface area (Å²) in [6.45, 7) is 21.8. The van der Waals surface area contributed by atoms with Gasteiger partial charge in [-0.2, -0.15) is 0 Å². The maximum absolute atomic E-state index is 14.7. The van der Waals surface area contributed by atoms with Gasteiger partial charge in [0, 0.05) is 44.7 Å². The molecule has 15 heteroatoms. The number of para-hydroxylation sites is 2. The first-order chi connectivity index (χ1) is 27.4. The molecule has 2 amide bonds. The van der Waals surface area contributed by atoms with Crippen molar-refractivity contribution in [2.24, 2.45) is 22.8 Å². The molecule has 0 aromatic heterocycles. The fourth-order valence-corrected chi connectivity index (χ4v) is 8.50. The number of aliphatic hydroxyl groups excluding tert-OH is 1. The number of carbonyl (C=O) groups is 3. The standard InChI is InChI=1S/C43H66N6O9/c1-11-25-55-34-18-17-31(26-32(34)47-40(53)46-19-14-20-48-21-23-49(24-22-48)33-15-12-13-16-35(33)54-10)42(38(51)57-28(4)5)36(30(8)44)43(42,39(52)58-29(6)7)41(9,45)37(50)56-27(2)3/h11-13,15-18,26-30,36-37,50H,1,14,19-25,44-45H2,2-10H3,(H2,46,47,53). The van der Waals surface area contributed by atoms with Gasteiger partial charge in [0.1, 0.15) is 28.9 Å². The van der Waals surface area contributed by atoms with Crippen molar-refractivity contribution in [3.63, 3.8) is 0 Å². The lowest BCUT2D eigenvalue weighted by Gasteiger charge is -2.41. The number of carbonyl (C=O) groups excluding carboxylic acids is 3. The van der Waals surface area contributed by atoms with Crippen molar-refractivity contribution < 1.29 is 43.2 Å². The molecule has 2 aromatic carbocycles. The molecule has 7 N–H and O–H groups in total. The van der Waals surface area contributed by atoms with Crippen molar-refractivity contribution in [3.8, 4) is 11.5 Å². The zero-order chi connectivity index (χ0) is 43.0. The highest BCUT2D eigenvalue weighted by molar-refractivity contribution is 6.03. The number of hydrogen-bond donors (Lipinski definition) is 5. The van der Waals surface area contributed by atoms with E-state index in [4.69, 9.17) is 35.2 Å². The van der Waals surface area contributed by atoms with E-state index in [0.29, 0.717) is 13.0 Å². The van der Waals surface area contributed by atoms with Gasteiger partial charge in [0.05, 0.1) is 42.3 Å². The average molecular weight is 811 g/mol. The molecule has 2 aliphatic rings. The Morgan fingerprint density at radius 2 is 1.60 bits per heavy atom. The number of nitrogens with two attached hydrogens (primary N) is 2. The number of anilines is 2. The Labute approximate surface area is 343 Å². The van der Waals surface area contributed by atoms with E-state index in [0.717, 1.165) is 44.2 Å². The van der Waals surface area contributed by atoms with Crippen molar-refractivity contribution >= 4 is 29.3 Å². The van der Waals surface area contributed by atoms with E-state index in [-0.39, 0.29) is 23.6 Å². The molecular weight excluding hydrogens is 745 g/mol. The molecule has 4 rings (SSSR count). The van der Waals surface area contributed by atoms with E-state index >= 15 is 0 Å². The third-order valence-corrected chi connectivity index (χ3v) is 10.9. The van der Waals surface area contributed by atoms with E-state index in [2.05, 4.69) is 33.1 Å². The number of nitrogens with one attached hydrogen (secondary N) is 2. The molecule has 6 unspecified atom stereocenters. The summed E-state index contributed by atoms with van der Waals surface area (Å²) >= 11 is 0. The van der Waals surface area contributed by atoms with Gasteiger partial charge in [0.25, 0.3) is 0 Å². The molecule has 0 radical (unpaired) electrons. The molecule has 1 saturated heterocycles. The Morgan fingerprint density at radius 1 is 0.966 bits per heavy atom. The zero-order valence-corrected chi connectivity index (χ0v) is 35.7. The maximum Gasteiger partial charge on any atom is 0.319 e. The smallest absolute Gasteiger partial charge is 0.319 e. The highest BCUT2D eigenvalue weighted by Gasteiger charge is 2.92. The number of esters is 2. The van der Waals surface area contributed by atoms with Crippen LogP contribution in [0.1, 0.15) is 67.4 Å². The molecule has 322 valence electrons. The Kier molecular flexibility index (Phi) is 15.6. The Hall–Kier alpha value is -4.41. The summed E-state index contributed by atoms with van der Waals surface area (Å²) in [5.74, 6) is -1.55. The molecular formula is C43H66N6O9. The van der Waals surface area contributed by atoms with Crippen LogP contribution in [-0.4, -0.2) is 117 Å². The van der Waals surface area contributed by atoms with E-state index in [1.54, 1.807) is 79.9 Å². The highest BCUT2D eigenvalue weighted by atomic mass is 16.6. The highest BCUT2D eigenvalue weighted by Crippen LogP contribution is 2.76. The fraction of sp³-hybridized carbons (Fsp3) is 0.605. The van der Waals surface area contributed by atoms with Gasteiger partial charge in [-0.15, -0.1) is 0 Å². The van der Waals surface area contributed by atoms with Gasteiger partial charge in [-0.25, -0.2) is 4.79 Å². The first kappa shape index (κ1) is 46.3. The molecule has 2 aromatic rings. The van der Waals surface area contributed by atoms with Gasteiger partial charge in [0.2, 0.25) is 0 Å². The predicted octanol–water partition coefficient (Wildman–Crippen LogP) is 4.16. The zero-order valence-electron chi connectivity index (χ0n) is 35.7. The lowest BCUT2D eigenvalue weighted by Crippen LogP contribution is -2.63. The van der Waals surface area contributed by atoms with E-state index < -0.39 is 70.9 Å². The summed E-state index contributed by atoms with van der Waals surface area (Å²) in [5, 5.41) is 17.4. The number of piperazine rings is 1. The van der Waals surface area contributed by atoms with Crippen LogP contribution < -0.4 is 36.5 Å². The predicted molar refractivity (Wildman–Crippen MR) is 224 cm³/mol. The van der Waals surface area contributed by atoms with Crippen LogP contribution in [-0.2, 0) is 29.2 Å². The Morgan fingerprint density at radius 3 is 2.19 bits per heavy atom. The van der Waals surface area contributed by atoms with Crippen LogP contribution in [0.15, 0.2) is 55.1 Å². The van der Waals surface area contributed by atoms with Gasteiger partial charge < -0.3 is 55.8 Å². The van der Waals surface area contributed by atoms with Gasteiger partial charge >= 0.3 is 18.0 Å². The molecule has 1 aliphatic heterocycles. The first-order valence-corrected chi connectivity index (χ1v) is 20.2. The molecule has 1 saturated carbocycles. The second kappa shape index (κ2) is 19.6. The van der Waals surface area contributed by atoms with Gasteiger partial charge in [0.15, 0.2) is 6.29 Å². The quantitative estimate of drug-likeness (QED) is 0.0554. The van der Waals surface area contributed by atoms with Crippen molar-refractivity contribution in [1.82, 2.24) is 10.2 Å². The Balaban J connectivity index is 1.64. The van der Waals surface area contributed by atoms with Crippen LogP contribution in [0.3, 0.4) is 0 Å². The second-order valence-corrected chi connectivity index (χ2v) is 16.2. The number of methoxy groups -OCH3 is 1. The summed E-state index contributed by atoms with van der Waals surface area (Å²) in [7, 11) is 1.68. The monoisotopic (exact) mass is 810 g/mol. The van der Waals surface area contributed by atoms with Crippen LogP contribution in [0.25, 0.3) is 0 Å². The summed E-state index contributed by atoms with van der Waals surface area (Å²) in [6, 6.07) is 11.4. The molecule has 1 heterocycles. The second-order valence-electron chi connectivity index (χ2n) is 16.2. The molecule has 15 nitrogen and oxygen atoms in total. The molecule has 58 heavy (non-hydrogen) atoms. The van der Waals surface area contributed by atoms with Crippen molar-refractivity contribution in [3.05, 3.63) is 60.7 Å². The van der Waals surface area contributed by atoms with Crippen LogP contribution >= 0.6 is 0 Å². The van der Waals surface area contributed by atoms with Crippen LogP contribution in [0.4, 0.5) is 16.2 Å². The number of rotatable bonds is 20. The van der Waals surface area contributed by atoms with Crippen LogP contribution in [0.5, 0.6) is 11.5 Å². The lowest BCUT2D eigenvalue weighted by atomic mass is 9.73. The average Bonchev–Trinajstić information content (AvgIpc) is 3.84. The molecule has 2 fully saturated rings. The van der Waals surface area contributed by atoms with E-state index in [9.17, 15) is 19.5 Å². The SMILES string of the molecule is C=CCOc1ccc(C2(C(=O)OC(C)C)C(C(C)N)C2(C(=O)OC(C)C)C(C)(N)C(O)OC(C)C)cc1NC(=O)NCCCN1CCN(c2ccccc2OC)CC1. The van der Waals surface area contributed by atoms with Crippen molar-refractivity contribution in [1.29, 1.82) is 0 Å². The number of benzene rings is 2. The minimum atomic E-state index is -2.00. The molecule has 0 bridgehead atoms. The minimum absolute atomic E-state index is 0.118. The molecule has 6 atom stereocenters. The number of hydrogen-bond acceptors (Lipinski definition) is 13. The molecule has 0 spiro atoms. The lowest BCUT2D eigenvalue weighted by molar-refractivity contribution is -0.196. The summed E-state index contributed by atoms with van der Waals surface area (Å²) in [5.41, 5.74) is 9.42. The molecule has 1 aliphatic carbocycles. The van der Waals surface area contributed by atoms with E-state index in [1.165, 1.54) is 6.92 Å². The summed E-state index contributed by atoms with van der Waals surface area (Å²) < 4.78 is 29.1. The largest absolute Gasteiger partial charge is 0.495 e. The first-order valence-electron chi connectivity index (χ1n) is 20.2. The number of amides is 2.